The third kappa shape index (κ3) is 2.61. The van der Waals surface area contributed by atoms with Crippen LogP contribution in [0.3, 0.4) is 0 Å². The number of hydrogen-bond acceptors (Lipinski definition) is 1. The maximum Gasteiger partial charge on any atom is 0.0730 e. The second-order valence-corrected chi connectivity index (χ2v) is 5.04. The average molecular weight is 214 g/mol. The first-order valence-corrected chi connectivity index (χ1v) is 5.67. The maximum atomic E-state index is 5.82. The van der Waals surface area contributed by atoms with E-state index in [9.17, 15) is 0 Å². The van der Waals surface area contributed by atoms with Crippen LogP contribution in [0.2, 0.25) is 0 Å². The Bertz CT molecular complexity index is 475. The van der Waals surface area contributed by atoms with E-state index in [1.807, 2.05) is 0 Å². The van der Waals surface area contributed by atoms with Crippen LogP contribution in [0.1, 0.15) is 26.3 Å². The normalized spacial score (nSPS) is 11.9. The molecular weight excluding hydrogens is 196 g/mol. The van der Waals surface area contributed by atoms with Gasteiger partial charge in [-0.15, -0.1) is 0 Å². The second-order valence-electron chi connectivity index (χ2n) is 5.04. The summed E-state index contributed by atoms with van der Waals surface area (Å²) in [6.45, 7) is 6.92. The fourth-order valence-corrected chi connectivity index (χ4v) is 1.71. The van der Waals surface area contributed by atoms with Crippen molar-refractivity contribution in [1.82, 2.24) is 0 Å². The first-order valence-electron chi connectivity index (χ1n) is 5.67. The molecule has 2 rings (SSSR count). The molecule has 0 saturated heterocycles. The van der Waals surface area contributed by atoms with Gasteiger partial charge in [-0.1, -0.05) is 42.5 Å². The summed E-state index contributed by atoms with van der Waals surface area (Å²) in [6.07, 6.45) is 0. The van der Waals surface area contributed by atoms with Gasteiger partial charge in [0.05, 0.1) is 12.2 Å². The fourth-order valence-electron chi connectivity index (χ4n) is 1.71. The smallest absolute Gasteiger partial charge is 0.0730 e. The lowest BCUT2D eigenvalue weighted by molar-refractivity contribution is -0.0144. The van der Waals surface area contributed by atoms with Gasteiger partial charge in [0, 0.05) is 0 Å². The van der Waals surface area contributed by atoms with E-state index in [0.717, 1.165) is 0 Å². The van der Waals surface area contributed by atoms with Crippen molar-refractivity contribution in [2.45, 2.75) is 33.0 Å². The molecular formula is C15H18O. The zero-order valence-corrected chi connectivity index (χ0v) is 10.2. The van der Waals surface area contributed by atoms with Gasteiger partial charge >= 0.3 is 0 Å². The quantitative estimate of drug-likeness (QED) is 0.729. The van der Waals surface area contributed by atoms with Crippen molar-refractivity contribution in [1.29, 1.82) is 0 Å². The van der Waals surface area contributed by atoms with E-state index in [1.165, 1.54) is 16.3 Å². The molecule has 0 aromatic heterocycles. The summed E-state index contributed by atoms with van der Waals surface area (Å²) in [5.41, 5.74) is 1.17. The molecule has 0 spiro atoms. The van der Waals surface area contributed by atoms with Gasteiger partial charge < -0.3 is 4.74 Å². The molecule has 1 heteroatoms. The van der Waals surface area contributed by atoms with Gasteiger partial charge in [-0.05, 0) is 37.1 Å². The topological polar surface area (TPSA) is 9.23 Å². The lowest BCUT2D eigenvalue weighted by Gasteiger charge is -2.20. The molecule has 0 fully saturated rings. The Balaban J connectivity index is 2.30. The molecule has 0 radical (unpaired) electrons. The first kappa shape index (κ1) is 11.2. The Labute approximate surface area is 97.1 Å². The zero-order valence-electron chi connectivity index (χ0n) is 10.2. The molecule has 0 amide bonds. The number of hydrogen-bond donors (Lipinski definition) is 0. The summed E-state index contributed by atoms with van der Waals surface area (Å²) < 4.78 is 5.82. The van der Waals surface area contributed by atoms with Crippen LogP contribution in [-0.2, 0) is 11.3 Å². The van der Waals surface area contributed by atoms with E-state index >= 15 is 0 Å². The molecule has 0 unspecified atom stereocenters. The average Bonchev–Trinajstić information content (AvgIpc) is 2.25. The predicted molar refractivity (Wildman–Crippen MR) is 68.5 cm³/mol. The summed E-state index contributed by atoms with van der Waals surface area (Å²) in [5, 5.41) is 2.56. The molecule has 84 valence electrons. The van der Waals surface area contributed by atoms with Crippen molar-refractivity contribution < 1.29 is 4.74 Å². The van der Waals surface area contributed by atoms with Crippen LogP contribution in [0.4, 0.5) is 0 Å². The Morgan fingerprint density at radius 1 is 0.938 bits per heavy atom. The predicted octanol–water partition coefficient (Wildman–Crippen LogP) is 4.15. The lowest BCUT2D eigenvalue weighted by atomic mass is 10.1. The Kier molecular flexibility index (Phi) is 2.97. The molecule has 0 saturated carbocycles. The number of rotatable bonds is 2. The monoisotopic (exact) mass is 214 g/mol. The van der Waals surface area contributed by atoms with Crippen molar-refractivity contribution in [2.24, 2.45) is 0 Å². The van der Waals surface area contributed by atoms with Crippen LogP contribution in [-0.4, -0.2) is 5.60 Å². The fraction of sp³-hybridized carbons (Fsp3) is 0.333. The van der Waals surface area contributed by atoms with E-state index in [1.54, 1.807) is 0 Å². The van der Waals surface area contributed by atoms with Gasteiger partial charge in [0.1, 0.15) is 0 Å². The summed E-state index contributed by atoms with van der Waals surface area (Å²) in [7, 11) is 0. The molecule has 2 aromatic carbocycles. The van der Waals surface area contributed by atoms with Crippen LogP contribution in [0, 0.1) is 0 Å². The van der Waals surface area contributed by atoms with Crippen molar-refractivity contribution in [3.05, 3.63) is 48.0 Å². The Morgan fingerprint density at radius 3 is 2.38 bits per heavy atom. The summed E-state index contributed by atoms with van der Waals surface area (Å²) in [6, 6.07) is 14.8. The third-order valence-corrected chi connectivity index (χ3v) is 2.54. The molecule has 0 aliphatic rings. The van der Waals surface area contributed by atoms with Gasteiger partial charge in [-0.3, -0.25) is 0 Å². The standard InChI is InChI=1S/C15H18O/c1-15(2,3)16-11-13-9-6-8-12-7-4-5-10-14(12)13/h4-10H,11H2,1-3H3. The second kappa shape index (κ2) is 4.26. The maximum absolute atomic E-state index is 5.82. The van der Waals surface area contributed by atoms with E-state index in [4.69, 9.17) is 4.74 Å². The van der Waals surface area contributed by atoms with E-state index < -0.39 is 0 Å². The molecule has 0 heterocycles. The number of fused-ring (bicyclic) bond motifs is 1. The van der Waals surface area contributed by atoms with E-state index in [0.29, 0.717) is 6.61 Å². The van der Waals surface area contributed by atoms with Gasteiger partial charge in [0.15, 0.2) is 0 Å². The van der Waals surface area contributed by atoms with Crippen molar-refractivity contribution in [3.8, 4) is 0 Å². The molecule has 0 aliphatic heterocycles. The van der Waals surface area contributed by atoms with Crippen LogP contribution in [0.15, 0.2) is 42.5 Å². The third-order valence-electron chi connectivity index (χ3n) is 2.54. The Morgan fingerprint density at radius 2 is 1.62 bits per heavy atom. The SMILES string of the molecule is CC(C)(C)OCc1cccc2ccccc12. The largest absolute Gasteiger partial charge is 0.371 e. The highest BCUT2D eigenvalue weighted by Gasteiger charge is 2.10. The van der Waals surface area contributed by atoms with Crippen molar-refractivity contribution in [3.63, 3.8) is 0 Å². The van der Waals surface area contributed by atoms with Crippen LogP contribution < -0.4 is 0 Å². The lowest BCUT2D eigenvalue weighted by Crippen LogP contribution is -2.18. The zero-order chi connectivity index (χ0) is 11.6. The molecule has 1 nitrogen and oxygen atoms in total. The summed E-state index contributed by atoms with van der Waals surface area (Å²) >= 11 is 0. The van der Waals surface area contributed by atoms with Gasteiger partial charge in [0.25, 0.3) is 0 Å². The molecule has 2 aromatic rings. The minimum absolute atomic E-state index is 0.0864. The highest BCUT2D eigenvalue weighted by atomic mass is 16.5. The highest BCUT2D eigenvalue weighted by molar-refractivity contribution is 5.85. The van der Waals surface area contributed by atoms with Crippen LogP contribution in [0.5, 0.6) is 0 Å². The van der Waals surface area contributed by atoms with Gasteiger partial charge in [-0.2, -0.15) is 0 Å². The van der Waals surface area contributed by atoms with E-state index in [2.05, 4.69) is 63.2 Å². The van der Waals surface area contributed by atoms with Crippen LogP contribution >= 0.6 is 0 Å². The molecule has 0 atom stereocenters. The minimum Gasteiger partial charge on any atom is -0.371 e. The number of ether oxygens (including phenoxy) is 1. The van der Waals surface area contributed by atoms with Gasteiger partial charge in [0.2, 0.25) is 0 Å². The van der Waals surface area contributed by atoms with Crippen LogP contribution in [0.25, 0.3) is 10.8 Å². The molecule has 16 heavy (non-hydrogen) atoms. The highest BCUT2D eigenvalue weighted by Crippen LogP contribution is 2.21. The van der Waals surface area contributed by atoms with Gasteiger partial charge in [-0.25, -0.2) is 0 Å². The summed E-state index contributed by atoms with van der Waals surface area (Å²) in [4.78, 5) is 0. The number of benzene rings is 2. The Hall–Kier alpha value is -1.34. The molecule has 0 bridgehead atoms. The molecule has 0 N–H and O–H groups in total. The van der Waals surface area contributed by atoms with E-state index in [-0.39, 0.29) is 5.60 Å². The minimum atomic E-state index is -0.0864. The summed E-state index contributed by atoms with van der Waals surface area (Å²) in [5.74, 6) is 0. The first-order chi connectivity index (χ1) is 7.56. The van der Waals surface area contributed by atoms with Crippen molar-refractivity contribution >= 4 is 10.8 Å². The molecule has 0 aliphatic carbocycles. The van der Waals surface area contributed by atoms with Crippen molar-refractivity contribution in [2.75, 3.05) is 0 Å².